The molecule has 16 heavy (non-hydrogen) atoms. The first-order valence-electron chi connectivity index (χ1n) is 5.41. The fourth-order valence-corrected chi connectivity index (χ4v) is 2.21. The first-order valence-corrected chi connectivity index (χ1v) is 5.41. The Labute approximate surface area is 93.1 Å². The number of benzene rings is 1. The normalized spacial score (nSPS) is 13.8. The molecule has 0 amide bonds. The highest BCUT2D eigenvalue weighted by molar-refractivity contribution is 5.74. The Morgan fingerprint density at radius 3 is 2.88 bits per heavy atom. The third-order valence-electron chi connectivity index (χ3n) is 3.03. The number of nitrogens with zero attached hydrogens (tertiary/aromatic N) is 1. The van der Waals surface area contributed by atoms with Gasteiger partial charge < -0.3 is 4.52 Å². The van der Waals surface area contributed by atoms with E-state index >= 15 is 0 Å². The summed E-state index contributed by atoms with van der Waals surface area (Å²) in [6.07, 6.45) is 4.23. The van der Waals surface area contributed by atoms with E-state index in [9.17, 15) is 4.79 Å². The van der Waals surface area contributed by atoms with Crippen molar-refractivity contribution < 1.29 is 9.32 Å². The van der Waals surface area contributed by atoms with Crippen LogP contribution in [0.1, 0.15) is 28.0 Å². The van der Waals surface area contributed by atoms with Gasteiger partial charge in [-0.2, -0.15) is 0 Å². The molecule has 0 bridgehead atoms. The van der Waals surface area contributed by atoms with Crippen LogP contribution in [0.3, 0.4) is 0 Å². The number of aryl methyl sites for hydroxylation is 2. The fraction of sp³-hybridized carbons (Fsp3) is 0.231. The summed E-state index contributed by atoms with van der Waals surface area (Å²) in [4.78, 5) is 10.5. The third kappa shape index (κ3) is 1.45. The number of carbonyl (C=O) groups is 1. The minimum atomic E-state index is 0.343. The van der Waals surface area contributed by atoms with Crippen LogP contribution in [-0.4, -0.2) is 11.4 Å². The Kier molecular flexibility index (Phi) is 2.10. The van der Waals surface area contributed by atoms with Crippen molar-refractivity contribution >= 4 is 6.29 Å². The van der Waals surface area contributed by atoms with Crippen molar-refractivity contribution in [3.8, 4) is 11.3 Å². The van der Waals surface area contributed by atoms with Gasteiger partial charge in [-0.15, -0.1) is 0 Å². The number of fused-ring (bicyclic) bond motifs is 1. The molecular formula is C13H11NO2. The largest absolute Gasteiger partial charge is 0.356 e. The minimum Gasteiger partial charge on any atom is -0.356 e. The van der Waals surface area contributed by atoms with Crippen LogP contribution >= 0.6 is 0 Å². The summed E-state index contributed by atoms with van der Waals surface area (Å²) in [5, 5.41) is 3.66. The molecule has 3 nitrogen and oxygen atoms in total. The Morgan fingerprint density at radius 1 is 1.19 bits per heavy atom. The van der Waals surface area contributed by atoms with Gasteiger partial charge in [-0.05, 0) is 36.5 Å². The number of carbonyl (C=O) groups excluding carboxylic acids is 1. The van der Waals surface area contributed by atoms with Crippen molar-refractivity contribution in [1.29, 1.82) is 0 Å². The van der Waals surface area contributed by atoms with Crippen LogP contribution in [0.5, 0.6) is 0 Å². The molecule has 1 aliphatic rings. The van der Waals surface area contributed by atoms with Gasteiger partial charge in [0.1, 0.15) is 5.69 Å². The van der Waals surface area contributed by atoms with E-state index < -0.39 is 0 Å². The van der Waals surface area contributed by atoms with E-state index in [1.807, 2.05) is 6.07 Å². The highest BCUT2D eigenvalue weighted by Gasteiger charge is 2.13. The van der Waals surface area contributed by atoms with Gasteiger partial charge in [0.2, 0.25) is 0 Å². The third-order valence-corrected chi connectivity index (χ3v) is 3.03. The lowest BCUT2D eigenvalue weighted by atomic mass is 10.0. The van der Waals surface area contributed by atoms with Crippen molar-refractivity contribution in [2.24, 2.45) is 0 Å². The molecule has 0 unspecified atom stereocenters. The predicted octanol–water partition coefficient (Wildman–Crippen LogP) is 2.64. The summed E-state index contributed by atoms with van der Waals surface area (Å²) < 4.78 is 5.12. The highest BCUT2D eigenvalue weighted by Crippen LogP contribution is 2.28. The molecule has 1 aromatic carbocycles. The van der Waals surface area contributed by atoms with Gasteiger partial charge in [0.15, 0.2) is 12.0 Å². The van der Waals surface area contributed by atoms with Gasteiger partial charge in [-0.3, -0.25) is 4.79 Å². The monoisotopic (exact) mass is 213 g/mol. The van der Waals surface area contributed by atoms with E-state index in [1.54, 1.807) is 6.07 Å². The van der Waals surface area contributed by atoms with Crippen LogP contribution in [0, 0.1) is 0 Å². The molecule has 1 heterocycles. The summed E-state index contributed by atoms with van der Waals surface area (Å²) in [5.41, 5.74) is 4.16. The summed E-state index contributed by atoms with van der Waals surface area (Å²) in [6, 6.07) is 7.97. The standard InChI is InChI=1S/C13H11NO2/c15-8-12-7-13(16-14-12)11-5-4-9-2-1-3-10(9)6-11/h4-8H,1-3H2. The maximum Gasteiger partial charge on any atom is 0.171 e. The molecular weight excluding hydrogens is 202 g/mol. The second-order valence-corrected chi connectivity index (χ2v) is 4.07. The van der Waals surface area contributed by atoms with Crippen LogP contribution in [0.15, 0.2) is 28.8 Å². The number of aldehydes is 1. The van der Waals surface area contributed by atoms with Crippen molar-refractivity contribution in [2.45, 2.75) is 19.3 Å². The summed E-state index contributed by atoms with van der Waals surface area (Å²) in [7, 11) is 0. The maximum absolute atomic E-state index is 10.5. The van der Waals surface area contributed by atoms with E-state index in [0.717, 1.165) is 12.0 Å². The summed E-state index contributed by atoms with van der Waals surface area (Å²) in [6.45, 7) is 0. The second-order valence-electron chi connectivity index (χ2n) is 4.07. The van der Waals surface area contributed by atoms with E-state index in [2.05, 4.69) is 17.3 Å². The van der Waals surface area contributed by atoms with Crippen LogP contribution < -0.4 is 0 Å². The minimum absolute atomic E-state index is 0.343. The average Bonchev–Trinajstić information content (AvgIpc) is 2.96. The van der Waals surface area contributed by atoms with E-state index in [-0.39, 0.29) is 0 Å². The molecule has 80 valence electrons. The van der Waals surface area contributed by atoms with E-state index in [1.165, 1.54) is 24.0 Å². The molecule has 0 N–H and O–H groups in total. The van der Waals surface area contributed by atoms with Crippen molar-refractivity contribution in [3.05, 3.63) is 41.1 Å². The first kappa shape index (κ1) is 9.33. The maximum atomic E-state index is 10.5. The molecule has 2 aromatic rings. The molecule has 0 saturated carbocycles. The van der Waals surface area contributed by atoms with E-state index in [4.69, 9.17) is 4.52 Å². The van der Waals surface area contributed by atoms with Crippen molar-refractivity contribution in [3.63, 3.8) is 0 Å². The molecule has 3 rings (SSSR count). The molecule has 0 radical (unpaired) electrons. The Balaban J connectivity index is 2.03. The van der Waals surface area contributed by atoms with Gasteiger partial charge in [0, 0.05) is 11.6 Å². The van der Waals surface area contributed by atoms with Crippen molar-refractivity contribution in [1.82, 2.24) is 5.16 Å². The first-order chi connectivity index (χ1) is 7.86. The predicted molar refractivity (Wildman–Crippen MR) is 59.4 cm³/mol. The zero-order chi connectivity index (χ0) is 11.0. The van der Waals surface area contributed by atoms with Crippen LogP contribution in [0.25, 0.3) is 11.3 Å². The van der Waals surface area contributed by atoms with Gasteiger partial charge >= 0.3 is 0 Å². The molecule has 0 aliphatic heterocycles. The van der Waals surface area contributed by atoms with Gasteiger partial charge in [-0.25, -0.2) is 0 Å². The topological polar surface area (TPSA) is 43.1 Å². The van der Waals surface area contributed by atoms with Gasteiger partial charge in [-0.1, -0.05) is 17.3 Å². The summed E-state index contributed by atoms with van der Waals surface area (Å²) in [5.74, 6) is 0.664. The lowest BCUT2D eigenvalue weighted by molar-refractivity contribution is 0.111. The molecule has 0 fully saturated rings. The Hall–Kier alpha value is -1.90. The lowest BCUT2D eigenvalue weighted by Gasteiger charge is -2.00. The molecule has 0 spiro atoms. The Morgan fingerprint density at radius 2 is 2.06 bits per heavy atom. The van der Waals surface area contributed by atoms with E-state index in [0.29, 0.717) is 17.7 Å². The zero-order valence-electron chi connectivity index (χ0n) is 8.77. The van der Waals surface area contributed by atoms with Crippen molar-refractivity contribution in [2.75, 3.05) is 0 Å². The number of rotatable bonds is 2. The van der Waals surface area contributed by atoms with Crippen LogP contribution in [0.2, 0.25) is 0 Å². The van der Waals surface area contributed by atoms with Gasteiger partial charge in [0.25, 0.3) is 0 Å². The fourth-order valence-electron chi connectivity index (χ4n) is 2.21. The number of hydrogen-bond donors (Lipinski definition) is 0. The number of hydrogen-bond acceptors (Lipinski definition) is 3. The van der Waals surface area contributed by atoms with Crippen LogP contribution in [0.4, 0.5) is 0 Å². The average molecular weight is 213 g/mol. The molecule has 0 saturated heterocycles. The van der Waals surface area contributed by atoms with Crippen LogP contribution in [-0.2, 0) is 12.8 Å². The SMILES string of the molecule is O=Cc1cc(-c2ccc3c(c2)CCC3)on1. The lowest BCUT2D eigenvalue weighted by Crippen LogP contribution is -1.83. The Bertz CT molecular complexity index is 543. The molecule has 3 heteroatoms. The zero-order valence-corrected chi connectivity index (χ0v) is 8.77. The van der Waals surface area contributed by atoms with Gasteiger partial charge in [0.05, 0.1) is 0 Å². The molecule has 1 aromatic heterocycles. The molecule has 0 atom stereocenters. The quantitative estimate of drug-likeness (QED) is 0.720. The number of aromatic nitrogens is 1. The highest BCUT2D eigenvalue weighted by atomic mass is 16.5. The smallest absolute Gasteiger partial charge is 0.171 e. The summed E-state index contributed by atoms with van der Waals surface area (Å²) >= 11 is 0. The molecule has 1 aliphatic carbocycles. The second kappa shape index (κ2) is 3.59.